The Morgan fingerprint density at radius 2 is 1.75 bits per heavy atom. The number of hydrogen-bond donors (Lipinski definition) is 1. The largest absolute Gasteiger partial charge is 0.478 e. The van der Waals surface area contributed by atoms with E-state index in [1.807, 2.05) is 0 Å². The van der Waals surface area contributed by atoms with Gasteiger partial charge in [0.2, 0.25) is 0 Å². The Hall–Kier alpha value is -1.52. The molecule has 0 bridgehead atoms. The van der Waals surface area contributed by atoms with E-state index in [4.69, 9.17) is 28.7 Å². The molecule has 1 aromatic carbocycles. The summed E-state index contributed by atoms with van der Waals surface area (Å²) >= 11 is 10.4. The molecule has 0 saturated carbocycles. The molecular formula is C10H7Cl2NO3. The van der Waals surface area contributed by atoms with Crippen molar-refractivity contribution in [2.75, 3.05) is 0 Å². The lowest BCUT2D eigenvalue weighted by Gasteiger charge is -2.03. The van der Waals surface area contributed by atoms with Crippen molar-refractivity contribution >= 4 is 41.0 Å². The fourth-order valence-electron chi connectivity index (χ4n) is 1.06. The van der Waals surface area contributed by atoms with Crippen LogP contribution in [-0.4, -0.2) is 20.9 Å². The number of halogens is 2. The number of rotatable bonds is 3. The average molecular weight is 260 g/mol. The Labute approximate surface area is 102 Å². The van der Waals surface area contributed by atoms with Crippen LogP contribution in [0.4, 0.5) is 0 Å². The molecule has 1 aromatic rings. The third-order valence-corrected chi connectivity index (χ3v) is 2.08. The maximum atomic E-state index is 11.2. The number of nitrogens with zero attached hydrogens (tertiary/aromatic N) is 1. The molecular weight excluding hydrogens is 253 g/mol. The van der Waals surface area contributed by atoms with Crippen LogP contribution >= 0.6 is 23.6 Å². The Balaban J connectivity index is 3.11. The van der Waals surface area contributed by atoms with Gasteiger partial charge in [-0.25, -0.2) is 4.79 Å². The number of carbonyl (C=O) groups is 2. The van der Waals surface area contributed by atoms with Gasteiger partial charge in [0.25, 0.3) is 5.91 Å². The van der Waals surface area contributed by atoms with Crippen LogP contribution < -0.4 is 0 Å². The predicted molar refractivity (Wildman–Crippen MR) is 60.6 cm³/mol. The molecule has 84 valence electrons. The van der Waals surface area contributed by atoms with Gasteiger partial charge in [-0.2, -0.15) is 3.94 Å². The van der Waals surface area contributed by atoms with Crippen LogP contribution in [0.1, 0.15) is 5.56 Å². The van der Waals surface area contributed by atoms with Crippen LogP contribution in [0.2, 0.25) is 0 Å². The average Bonchev–Trinajstić information content (AvgIpc) is 2.26. The summed E-state index contributed by atoms with van der Waals surface area (Å²) in [6.45, 7) is 0. The lowest BCUT2D eigenvalue weighted by molar-refractivity contribution is -0.130. The molecule has 1 rings (SSSR count). The molecule has 16 heavy (non-hydrogen) atoms. The topological polar surface area (TPSA) is 57.6 Å². The second-order valence-corrected chi connectivity index (χ2v) is 3.65. The van der Waals surface area contributed by atoms with Gasteiger partial charge in [-0.1, -0.05) is 30.3 Å². The zero-order chi connectivity index (χ0) is 12.1. The van der Waals surface area contributed by atoms with Crippen molar-refractivity contribution < 1.29 is 14.7 Å². The second-order valence-electron chi connectivity index (χ2n) is 2.80. The van der Waals surface area contributed by atoms with E-state index in [1.54, 1.807) is 30.3 Å². The zero-order valence-corrected chi connectivity index (χ0v) is 9.44. The van der Waals surface area contributed by atoms with Gasteiger partial charge in [0.05, 0.1) is 5.57 Å². The minimum atomic E-state index is -1.23. The quantitative estimate of drug-likeness (QED) is 0.670. The lowest BCUT2D eigenvalue weighted by Crippen LogP contribution is -2.10. The summed E-state index contributed by atoms with van der Waals surface area (Å²) in [6.07, 6.45) is 0.859. The number of benzene rings is 1. The van der Waals surface area contributed by atoms with Gasteiger partial charge in [0.15, 0.2) is 0 Å². The Bertz CT molecular complexity index is 429. The van der Waals surface area contributed by atoms with Crippen molar-refractivity contribution in [2.45, 2.75) is 0 Å². The summed E-state index contributed by atoms with van der Waals surface area (Å²) in [6, 6.07) is 8.20. The molecule has 6 heteroatoms. The molecule has 0 unspecified atom stereocenters. The van der Waals surface area contributed by atoms with E-state index in [1.165, 1.54) is 0 Å². The minimum absolute atomic E-state index is 0.170. The highest BCUT2D eigenvalue weighted by Gasteiger charge is 2.14. The number of carbonyl (C=O) groups excluding carboxylic acids is 1. The van der Waals surface area contributed by atoms with Gasteiger partial charge >= 0.3 is 5.97 Å². The summed E-state index contributed by atoms with van der Waals surface area (Å²) in [5, 5.41) is 8.93. The molecule has 1 N–H and O–H groups in total. The number of carboxylic acid groups (broad SMARTS) is 1. The highest BCUT2D eigenvalue weighted by molar-refractivity contribution is 6.43. The zero-order valence-electron chi connectivity index (χ0n) is 7.93. The molecule has 0 spiro atoms. The molecule has 0 radical (unpaired) electrons. The highest BCUT2D eigenvalue weighted by Crippen LogP contribution is 2.15. The Morgan fingerprint density at radius 3 is 2.19 bits per heavy atom. The molecule has 0 aromatic heterocycles. The van der Waals surface area contributed by atoms with E-state index in [0.717, 1.165) is 6.08 Å². The van der Waals surface area contributed by atoms with Crippen LogP contribution in [-0.2, 0) is 9.59 Å². The molecule has 0 aliphatic rings. The summed E-state index contributed by atoms with van der Waals surface area (Å²) in [4.78, 5) is 22.1. The number of aliphatic carboxylic acids is 1. The van der Waals surface area contributed by atoms with Crippen molar-refractivity contribution in [3.8, 4) is 0 Å². The summed E-state index contributed by atoms with van der Waals surface area (Å²) < 4.78 is 0.270. The lowest BCUT2D eigenvalue weighted by atomic mass is 10.1. The van der Waals surface area contributed by atoms with Crippen LogP contribution in [0.3, 0.4) is 0 Å². The van der Waals surface area contributed by atoms with Crippen molar-refractivity contribution in [3.63, 3.8) is 0 Å². The third-order valence-electron chi connectivity index (χ3n) is 1.75. The Morgan fingerprint density at radius 1 is 1.19 bits per heavy atom. The van der Waals surface area contributed by atoms with Gasteiger partial charge in [0.1, 0.15) is 0 Å². The summed E-state index contributed by atoms with van der Waals surface area (Å²) in [5.41, 5.74) is 0.232. The van der Waals surface area contributed by atoms with Crippen LogP contribution in [0.15, 0.2) is 36.4 Å². The molecule has 0 fully saturated rings. The fourth-order valence-corrected chi connectivity index (χ4v) is 1.16. The van der Waals surface area contributed by atoms with Crippen molar-refractivity contribution in [1.29, 1.82) is 0 Å². The van der Waals surface area contributed by atoms with Gasteiger partial charge in [-0.3, -0.25) is 4.79 Å². The molecule has 4 nitrogen and oxygen atoms in total. The molecule has 0 aliphatic carbocycles. The van der Waals surface area contributed by atoms with Gasteiger partial charge in [-0.15, -0.1) is 0 Å². The van der Waals surface area contributed by atoms with Gasteiger partial charge < -0.3 is 5.11 Å². The fraction of sp³-hybridized carbons (Fsp3) is 0. The van der Waals surface area contributed by atoms with Crippen molar-refractivity contribution in [2.24, 2.45) is 0 Å². The first kappa shape index (κ1) is 12.5. The first-order chi connectivity index (χ1) is 7.52. The van der Waals surface area contributed by atoms with Gasteiger partial charge in [0, 0.05) is 29.6 Å². The first-order valence-corrected chi connectivity index (χ1v) is 4.86. The van der Waals surface area contributed by atoms with E-state index in [0.29, 0.717) is 5.56 Å². The van der Waals surface area contributed by atoms with Crippen molar-refractivity contribution in [3.05, 3.63) is 42.0 Å². The molecule has 0 aliphatic heterocycles. The third kappa shape index (κ3) is 3.25. The Kier molecular flexibility index (Phi) is 4.34. The van der Waals surface area contributed by atoms with Gasteiger partial charge in [-0.05, 0) is 5.56 Å². The molecule has 0 heterocycles. The molecule has 0 atom stereocenters. The predicted octanol–water partition coefficient (Wildman–Crippen LogP) is 2.29. The second kappa shape index (κ2) is 5.53. The standard InChI is InChI=1S/C10H7Cl2NO3/c11-13(12)9(14)6-8(10(15)16)7-4-2-1-3-5-7/h1-6H,(H,15,16)/b8-6-. The number of hydrogen-bond acceptors (Lipinski definition) is 2. The van der Waals surface area contributed by atoms with E-state index in [9.17, 15) is 9.59 Å². The maximum absolute atomic E-state index is 11.2. The van der Waals surface area contributed by atoms with Crippen LogP contribution in [0.25, 0.3) is 5.57 Å². The van der Waals surface area contributed by atoms with E-state index in [-0.39, 0.29) is 9.51 Å². The van der Waals surface area contributed by atoms with Crippen LogP contribution in [0, 0.1) is 0 Å². The van der Waals surface area contributed by atoms with Crippen molar-refractivity contribution in [1.82, 2.24) is 3.94 Å². The highest BCUT2D eigenvalue weighted by atomic mass is 35.5. The summed E-state index contributed by atoms with van der Waals surface area (Å²) in [5.74, 6) is -2.04. The number of carboxylic acids is 1. The monoisotopic (exact) mass is 259 g/mol. The molecule has 1 amide bonds. The SMILES string of the molecule is O=C(O)/C(=C\C(=O)N(Cl)Cl)c1ccccc1. The normalized spacial score (nSPS) is 11.0. The smallest absolute Gasteiger partial charge is 0.336 e. The summed E-state index contributed by atoms with van der Waals surface area (Å²) in [7, 11) is 0. The van der Waals surface area contributed by atoms with Crippen LogP contribution in [0.5, 0.6) is 0 Å². The van der Waals surface area contributed by atoms with E-state index >= 15 is 0 Å². The van der Waals surface area contributed by atoms with E-state index in [2.05, 4.69) is 0 Å². The maximum Gasteiger partial charge on any atom is 0.336 e. The number of amides is 1. The van der Waals surface area contributed by atoms with E-state index < -0.39 is 11.9 Å². The first-order valence-electron chi connectivity index (χ1n) is 4.18. The minimum Gasteiger partial charge on any atom is -0.478 e. The molecule has 0 saturated heterocycles.